The summed E-state index contributed by atoms with van der Waals surface area (Å²) in [5, 5.41) is 1.29. The zero-order valence-corrected chi connectivity index (χ0v) is 18.6. The first-order valence-corrected chi connectivity index (χ1v) is 10.9. The van der Waals surface area contributed by atoms with Crippen LogP contribution >= 0.6 is 0 Å². The fourth-order valence-corrected chi connectivity index (χ4v) is 4.66. The van der Waals surface area contributed by atoms with Crippen molar-refractivity contribution in [1.29, 1.82) is 0 Å². The van der Waals surface area contributed by atoms with E-state index in [2.05, 4.69) is 53.5 Å². The SMILES string of the molecule is Cc1ccc(-c2ccn(-c3ccc4c5c(n(C)c4c3)CCN(C(C)C)C5)c(=O)c2)nc1. The summed E-state index contributed by atoms with van der Waals surface area (Å²) < 4.78 is 4.02. The molecule has 0 fully saturated rings. The van der Waals surface area contributed by atoms with Gasteiger partial charge in [-0.15, -0.1) is 0 Å². The molecular weight excluding hydrogens is 384 g/mol. The second kappa shape index (κ2) is 7.50. The first-order valence-electron chi connectivity index (χ1n) is 10.9. The number of hydrogen-bond acceptors (Lipinski definition) is 3. The van der Waals surface area contributed by atoms with E-state index >= 15 is 0 Å². The standard InChI is InChI=1S/C26H28N4O/c1-17(2)29-11-10-24-22(16-29)21-7-6-20(14-25(21)28(24)4)30-12-9-19(13-26(30)31)23-8-5-18(3)15-27-23/h5-9,12-15,17H,10-11,16H2,1-4H3. The average molecular weight is 413 g/mol. The summed E-state index contributed by atoms with van der Waals surface area (Å²) in [4.78, 5) is 19.9. The summed E-state index contributed by atoms with van der Waals surface area (Å²) in [5.41, 5.74) is 7.62. The zero-order chi connectivity index (χ0) is 21.7. The molecule has 4 aromatic rings. The lowest BCUT2D eigenvalue weighted by Crippen LogP contribution is -2.36. The van der Waals surface area contributed by atoms with Gasteiger partial charge >= 0.3 is 0 Å². The van der Waals surface area contributed by atoms with Crippen molar-refractivity contribution in [3.63, 3.8) is 0 Å². The van der Waals surface area contributed by atoms with Crippen molar-refractivity contribution < 1.29 is 0 Å². The van der Waals surface area contributed by atoms with Gasteiger partial charge in [-0.2, -0.15) is 0 Å². The van der Waals surface area contributed by atoms with Gasteiger partial charge in [0.15, 0.2) is 0 Å². The number of aryl methyl sites for hydroxylation is 2. The average Bonchev–Trinajstić information content (AvgIpc) is 3.05. The van der Waals surface area contributed by atoms with Crippen molar-refractivity contribution in [3.05, 3.63) is 82.0 Å². The largest absolute Gasteiger partial charge is 0.347 e. The smallest absolute Gasteiger partial charge is 0.255 e. The summed E-state index contributed by atoms with van der Waals surface area (Å²) >= 11 is 0. The number of hydrogen-bond donors (Lipinski definition) is 0. The Bertz CT molecular complexity index is 1330. The molecule has 1 aliphatic heterocycles. The van der Waals surface area contributed by atoms with Crippen molar-refractivity contribution >= 4 is 10.9 Å². The third kappa shape index (κ3) is 3.39. The van der Waals surface area contributed by atoms with E-state index in [0.29, 0.717) is 6.04 Å². The van der Waals surface area contributed by atoms with Crippen LogP contribution in [0.2, 0.25) is 0 Å². The minimum absolute atomic E-state index is 0.0517. The van der Waals surface area contributed by atoms with Crippen LogP contribution in [0, 0.1) is 6.92 Å². The van der Waals surface area contributed by atoms with Crippen molar-refractivity contribution in [1.82, 2.24) is 19.0 Å². The highest BCUT2D eigenvalue weighted by atomic mass is 16.1. The number of pyridine rings is 2. The molecule has 0 amide bonds. The normalized spacial score (nSPS) is 14.4. The van der Waals surface area contributed by atoms with E-state index in [4.69, 9.17) is 0 Å². The van der Waals surface area contributed by atoms with E-state index < -0.39 is 0 Å². The topological polar surface area (TPSA) is 43.1 Å². The highest BCUT2D eigenvalue weighted by Crippen LogP contribution is 2.32. The molecule has 5 heteroatoms. The fraction of sp³-hybridized carbons (Fsp3) is 0.308. The molecule has 0 N–H and O–H groups in total. The quantitative estimate of drug-likeness (QED) is 0.499. The van der Waals surface area contributed by atoms with E-state index in [-0.39, 0.29) is 5.56 Å². The van der Waals surface area contributed by atoms with Crippen molar-refractivity contribution in [2.24, 2.45) is 7.05 Å². The van der Waals surface area contributed by atoms with Gasteiger partial charge in [-0.3, -0.25) is 19.2 Å². The molecule has 0 aliphatic carbocycles. The molecule has 3 aromatic heterocycles. The predicted molar refractivity (Wildman–Crippen MR) is 126 cm³/mol. The Kier molecular flexibility index (Phi) is 4.78. The van der Waals surface area contributed by atoms with Gasteiger partial charge in [0.05, 0.1) is 16.9 Å². The van der Waals surface area contributed by atoms with Gasteiger partial charge in [-0.25, -0.2) is 0 Å². The highest BCUT2D eigenvalue weighted by Gasteiger charge is 2.24. The monoisotopic (exact) mass is 412 g/mol. The minimum Gasteiger partial charge on any atom is -0.347 e. The summed E-state index contributed by atoms with van der Waals surface area (Å²) in [6, 6.07) is 14.5. The molecule has 1 aromatic carbocycles. The fourth-order valence-electron chi connectivity index (χ4n) is 4.66. The molecule has 5 nitrogen and oxygen atoms in total. The van der Waals surface area contributed by atoms with Crippen LogP contribution in [-0.2, 0) is 20.0 Å². The third-order valence-corrected chi connectivity index (χ3v) is 6.55. The Morgan fingerprint density at radius 1 is 1.06 bits per heavy atom. The van der Waals surface area contributed by atoms with E-state index in [1.807, 2.05) is 37.5 Å². The number of aromatic nitrogens is 3. The van der Waals surface area contributed by atoms with E-state index in [1.54, 1.807) is 10.6 Å². The van der Waals surface area contributed by atoms with Gasteiger partial charge in [0.1, 0.15) is 0 Å². The number of rotatable bonds is 3. The number of benzene rings is 1. The molecule has 5 rings (SSSR count). The molecule has 0 bridgehead atoms. The van der Waals surface area contributed by atoms with Crippen LogP contribution in [0.1, 0.15) is 30.7 Å². The molecule has 0 spiro atoms. The van der Waals surface area contributed by atoms with E-state index in [9.17, 15) is 4.79 Å². The summed E-state index contributed by atoms with van der Waals surface area (Å²) in [5.74, 6) is 0. The Morgan fingerprint density at radius 2 is 1.90 bits per heavy atom. The van der Waals surface area contributed by atoms with E-state index in [1.165, 1.54) is 22.2 Å². The van der Waals surface area contributed by atoms with Gasteiger partial charge in [-0.05, 0) is 56.2 Å². The molecule has 0 radical (unpaired) electrons. The van der Waals surface area contributed by atoms with Gasteiger partial charge in [0.2, 0.25) is 0 Å². The van der Waals surface area contributed by atoms with Crippen molar-refractivity contribution in [2.75, 3.05) is 6.54 Å². The van der Waals surface area contributed by atoms with Crippen molar-refractivity contribution in [2.45, 2.75) is 39.8 Å². The molecule has 1 aliphatic rings. The van der Waals surface area contributed by atoms with Gasteiger partial charge in [0.25, 0.3) is 5.56 Å². The molecule has 0 saturated heterocycles. The third-order valence-electron chi connectivity index (χ3n) is 6.55. The maximum Gasteiger partial charge on any atom is 0.255 e. The van der Waals surface area contributed by atoms with Crippen LogP contribution in [0.25, 0.3) is 27.8 Å². The van der Waals surface area contributed by atoms with Crippen LogP contribution in [-0.4, -0.2) is 31.6 Å². The van der Waals surface area contributed by atoms with Crippen LogP contribution < -0.4 is 5.56 Å². The van der Waals surface area contributed by atoms with E-state index in [0.717, 1.165) is 42.0 Å². The molecule has 0 unspecified atom stereocenters. The van der Waals surface area contributed by atoms with Crippen LogP contribution in [0.5, 0.6) is 0 Å². The zero-order valence-electron chi connectivity index (χ0n) is 18.6. The predicted octanol–water partition coefficient (Wildman–Crippen LogP) is 4.47. The Hall–Kier alpha value is -3.18. The lowest BCUT2D eigenvalue weighted by atomic mass is 10.0. The molecule has 31 heavy (non-hydrogen) atoms. The summed E-state index contributed by atoms with van der Waals surface area (Å²) in [6.07, 6.45) is 4.74. The highest BCUT2D eigenvalue weighted by molar-refractivity contribution is 5.87. The molecule has 0 atom stereocenters. The maximum atomic E-state index is 12.9. The molecule has 158 valence electrons. The first-order chi connectivity index (χ1) is 14.9. The lowest BCUT2D eigenvalue weighted by molar-refractivity contribution is 0.202. The Balaban J connectivity index is 1.55. The maximum absolute atomic E-state index is 12.9. The van der Waals surface area contributed by atoms with Gasteiger partial charge in [-0.1, -0.05) is 12.1 Å². The Morgan fingerprint density at radius 3 is 2.61 bits per heavy atom. The van der Waals surface area contributed by atoms with Gasteiger partial charge < -0.3 is 4.57 Å². The van der Waals surface area contributed by atoms with Gasteiger partial charge in [0, 0.05) is 67.7 Å². The second-order valence-electron chi connectivity index (χ2n) is 8.84. The minimum atomic E-state index is -0.0517. The molecular formula is C26H28N4O. The number of fused-ring (bicyclic) bond motifs is 3. The number of nitrogens with zero attached hydrogens (tertiary/aromatic N) is 4. The van der Waals surface area contributed by atoms with Crippen molar-refractivity contribution in [3.8, 4) is 16.9 Å². The van der Waals surface area contributed by atoms with Crippen LogP contribution in [0.3, 0.4) is 0 Å². The lowest BCUT2D eigenvalue weighted by Gasteiger charge is -2.31. The second-order valence-corrected chi connectivity index (χ2v) is 8.84. The van der Waals surface area contributed by atoms with Crippen LogP contribution in [0.4, 0.5) is 0 Å². The van der Waals surface area contributed by atoms with Crippen LogP contribution in [0.15, 0.2) is 59.7 Å². The summed E-state index contributed by atoms with van der Waals surface area (Å²) in [6.45, 7) is 8.61. The molecule has 0 saturated carbocycles. The first kappa shape index (κ1) is 19.8. The molecule has 4 heterocycles. The summed E-state index contributed by atoms with van der Waals surface area (Å²) in [7, 11) is 2.14. The Labute approximate surface area is 182 Å².